The predicted molar refractivity (Wildman–Crippen MR) is 117 cm³/mol. The van der Waals surface area contributed by atoms with Crippen LogP contribution in [0.2, 0.25) is 0 Å². The van der Waals surface area contributed by atoms with Crippen molar-refractivity contribution in [2.75, 3.05) is 23.3 Å². The average Bonchev–Trinajstić information content (AvgIpc) is 2.76. The van der Waals surface area contributed by atoms with E-state index in [1.54, 1.807) is 0 Å². The van der Waals surface area contributed by atoms with Crippen molar-refractivity contribution in [3.63, 3.8) is 0 Å². The summed E-state index contributed by atoms with van der Waals surface area (Å²) >= 11 is 0. The fraction of sp³-hybridized carbons (Fsp3) is 0.167. The van der Waals surface area contributed by atoms with Gasteiger partial charge >= 0.3 is 6.03 Å². The molecule has 0 unspecified atom stereocenters. The maximum absolute atomic E-state index is 13.3. The van der Waals surface area contributed by atoms with Gasteiger partial charge in [0.1, 0.15) is 11.6 Å². The smallest absolute Gasteiger partial charge is 0.319 e. The molecule has 0 fully saturated rings. The zero-order valence-corrected chi connectivity index (χ0v) is 17.1. The minimum atomic E-state index is -0.436. The number of hydrogen-bond donors (Lipinski definition) is 2. The molecule has 3 rings (SSSR count). The highest BCUT2D eigenvalue weighted by Gasteiger charge is 2.18. The lowest BCUT2D eigenvalue weighted by molar-refractivity contribution is 0.0986. The standard InChI is InChI=1S/C24H23F2N3O2/c1-17-5-2-3-6-22(17)28-24(31)27-15-4-16-29(21-13-11-20(26)12-14-21)23(30)18-7-9-19(25)10-8-18/h2-3,5-14H,4,15-16H2,1H3,(H2,27,28,31). The van der Waals surface area contributed by atoms with Crippen LogP contribution >= 0.6 is 0 Å². The number of rotatable bonds is 7. The highest BCUT2D eigenvalue weighted by molar-refractivity contribution is 6.06. The summed E-state index contributed by atoms with van der Waals surface area (Å²) in [5.41, 5.74) is 2.50. The number of nitrogens with zero attached hydrogens (tertiary/aromatic N) is 1. The molecule has 3 aromatic carbocycles. The lowest BCUT2D eigenvalue weighted by Gasteiger charge is -2.23. The van der Waals surface area contributed by atoms with Gasteiger partial charge in [-0.05, 0) is 73.5 Å². The Morgan fingerprint density at radius 3 is 2.13 bits per heavy atom. The number of carbonyl (C=O) groups is 2. The Balaban J connectivity index is 1.61. The van der Waals surface area contributed by atoms with Crippen LogP contribution in [0.5, 0.6) is 0 Å². The number of para-hydroxylation sites is 1. The van der Waals surface area contributed by atoms with Crippen molar-refractivity contribution >= 4 is 23.3 Å². The summed E-state index contributed by atoms with van der Waals surface area (Å²) in [5.74, 6) is -1.18. The van der Waals surface area contributed by atoms with Gasteiger partial charge in [-0.25, -0.2) is 13.6 Å². The summed E-state index contributed by atoms with van der Waals surface area (Å²) in [6, 6.07) is 17.9. The lowest BCUT2D eigenvalue weighted by atomic mass is 10.1. The number of urea groups is 1. The summed E-state index contributed by atoms with van der Waals surface area (Å²) in [6.45, 7) is 2.51. The van der Waals surface area contributed by atoms with E-state index in [-0.39, 0.29) is 18.5 Å². The van der Waals surface area contributed by atoms with E-state index in [4.69, 9.17) is 0 Å². The first-order valence-electron chi connectivity index (χ1n) is 9.87. The van der Waals surface area contributed by atoms with Crippen molar-refractivity contribution in [3.05, 3.63) is 95.6 Å². The molecule has 0 aromatic heterocycles. The minimum absolute atomic E-state index is 0.284. The molecule has 0 bridgehead atoms. The van der Waals surface area contributed by atoms with Crippen LogP contribution in [0.1, 0.15) is 22.3 Å². The third-order valence-electron chi connectivity index (χ3n) is 4.71. The molecule has 7 heteroatoms. The molecular formula is C24H23F2N3O2. The molecule has 5 nitrogen and oxygen atoms in total. The molecule has 0 aliphatic heterocycles. The van der Waals surface area contributed by atoms with Gasteiger partial charge in [-0.1, -0.05) is 18.2 Å². The summed E-state index contributed by atoms with van der Waals surface area (Å²) < 4.78 is 26.5. The van der Waals surface area contributed by atoms with E-state index in [0.717, 1.165) is 11.3 Å². The number of anilines is 2. The van der Waals surface area contributed by atoms with E-state index in [1.807, 2.05) is 31.2 Å². The normalized spacial score (nSPS) is 10.4. The summed E-state index contributed by atoms with van der Waals surface area (Å²) in [7, 11) is 0. The molecule has 0 heterocycles. The molecule has 0 spiro atoms. The third kappa shape index (κ3) is 6.12. The topological polar surface area (TPSA) is 61.4 Å². The Kier molecular flexibility index (Phi) is 7.32. The fourth-order valence-corrected chi connectivity index (χ4v) is 3.04. The summed E-state index contributed by atoms with van der Waals surface area (Å²) in [4.78, 5) is 26.6. The van der Waals surface area contributed by atoms with Crippen LogP contribution < -0.4 is 15.5 Å². The first-order chi connectivity index (χ1) is 14.9. The van der Waals surface area contributed by atoms with Crippen LogP contribution in [0.25, 0.3) is 0 Å². The van der Waals surface area contributed by atoms with E-state index in [0.29, 0.717) is 24.2 Å². The number of amides is 3. The Bertz CT molecular complexity index is 1040. The number of hydrogen-bond acceptors (Lipinski definition) is 2. The largest absolute Gasteiger partial charge is 0.338 e. The highest BCUT2D eigenvalue weighted by atomic mass is 19.1. The molecule has 0 aliphatic carbocycles. The number of benzene rings is 3. The Morgan fingerprint density at radius 1 is 0.871 bits per heavy atom. The molecule has 2 N–H and O–H groups in total. The zero-order valence-electron chi connectivity index (χ0n) is 17.1. The molecule has 0 saturated heterocycles. The maximum atomic E-state index is 13.3. The lowest BCUT2D eigenvalue weighted by Crippen LogP contribution is -2.35. The monoisotopic (exact) mass is 423 g/mol. The molecule has 0 saturated carbocycles. The van der Waals surface area contributed by atoms with Crippen molar-refractivity contribution < 1.29 is 18.4 Å². The van der Waals surface area contributed by atoms with Gasteiger partial charge in [-0.2, -0.15) is 0 Å². The maximum Gasteiger partial charge on any atom is 0.319 e. The SMILES string of the molecule is Cc1ccccc1NC(=O)NCCCN(C(=O)c1ccc(F)cc1)c1ccc(F)cc1. The van der Waals surface area contributed by atoms with Gasteiger partial charge in [0.25, 0.3) is 5.91 Å². The molecule has 0 aliphatic rings. The number of aryl methyl sites for hydroxylation is 1. The van der Waals surface area contributed by atoms with Gasteiger partial charge in [0.05, 0.1) is 0 Å². The highest BCUT2D eigenvalue weighted by Crippen LogP contribution is 2.19. The minimum Gasteiger partial charge on any atom is -0.338 e. The van der Waals surface area contributed by atoms with Crippen LogP contribution in [0.15, 0.2) is 72.8 Å². The first-order valence-corrected chi connectivity index (χ1v) is 9.87. The summed E-state index contributed by atoms with van der Waals surface area (Å²) in [6.07, 6.45) is 0.464. The third-order valence-corrected chi connectivity index (χ3v) is 4.71. The van der Waals surface area contributed by atoms with Crippen LogP contribution in [0.3, 0.4) is 0 Å². The van der Waals surface area contributed by atoms with Crippen molar-refractivity contribution in [3.8, 4) is 0 Å². The van der Waals surface area contributed by atoms with Crippen molar-refractivity contribution in [2.45, 2.75) is 13.3 Å². The second-order valence-corrected chi connectivity index (χ2v) is 6.99. The number of nitrogens with one attached hydrogen (secondary N) is 2. The number of halogens is 2. The average molecular weight is 423 g/mol. The van der Waals surface area contributed by atoms with E-state index >= 15 is 0 Å². The predicted octanol–water partition coefficient (Wildman–Crippen LogP) is 5.13. The molecule has 3 amide bonds. The van der Waals surface area contributed by atoms with E-state index in [1.165, 1.54) is 53.4 Å². The molecule has 0 radical (unpaired) electrons. The first kappa shape index (κ1) is 22.0. The second-order valence-electron chi connectivity index (χ2n) is 6.99. The summed E-state index contributed by atoms with van der Waals surface area (Å²) in [5, 5.41) is 5.55. The van der Waals surface area contributed by atoms with Gasteiger partial charge < -0.3 is 15.5 Å². The van der Waals surface area contributed by atoms with E-state index in [9.17, 15) is 18.4 Å². The van der Waals surface area contributed by atoms with E-state index in [2.05, 4.69) is 10.6 Å². The van der Waals surface area contributed by atoms with Gasteiger partial charge in [0.2, 0.25) is 0 Å². The van der Waals surface area contributed by atoms with Crippen LogP contribution in [0, 0.1) is 18.6 Å². The molecule has 31 heavy (non-hydrogen) atoms. The Morgan fingerprint density at radius 2 is 1.48 bits per heavy atom. The molecule has 160 valence electrons. The zero-order chi connectivity index (χ0) is 22.2. The van der Waals surface area contributed by atoms with E-state index < -0.39 is 11.6 Å². The molecule has 3 aromatic rings. The molecular weight excluding hydrogens is 400 g/mol. The van der Waals surface area contributed by atoms with Gasteiger partial charge in [0, 0.05) is 30.0 Å². The molecule has 0 atom stereocenters. The van der Waals surface area contributed by atoms with Crippen LogP contribution in [0.4, 0.5) is 25.0 Å². The fourth-order valence-electron chi connectivity index (χ4n) is 3.04. The van der Waals surface area contributed by atoms with Gasteiger partial charge in [0.15, 0.2) is 0 Å². The van der Waals surface area contributed by atoms with Crippen molar-refractivity contribution in [1.29, 1.82) is 0 Å². The quantitative estimate of drug-likeness (QED) is 0.518. The second kappa shape index (κ2) is 10.3. The van der Waals surface area contributed by atoms with Gasteiger partial charge in [-0.3, -0.25) is 4.79 Å². The Labute approximate surface area is 179 Å². The Hall–Kier alpha value is -3.74. The van der Waals surface area contributed by atoms with Crippen LogP contribution in [-0.2, 0) is 0 Å². The van der Waals surface area contributed by atoms with Crippen LogP contribution in [-0.4, -0.2) is 25.0 Å². The van der Waals surface area contributed by atoms with Gasteiger partial charge in [-0.15, -0.1) is 0 Å². The van der Waals surface area contributed by atoms with Crippen molar-refractivity contribution in [2.24, 2.45) is 0 Å². The number of carbonyl (C=O) groups excluding carboxylic acids is 2. The van der Waals surface area contributed by atoms with Crippen molar-refractivity contribution in [1.82, 2.24) is 5.32 Å².